The highest BCUT2D eigenvalue weighted by Gasteiger charge is 2.43. The molecule has 0 aromatic heterocycles. The molecular formula is C21H21BrN2O. The van der Waals surface area contributed by atoms with Gasteiger partial charge >= 0.3 is 0 Å². The molecule has 0 radical (unpaired) electrons. The van der Waals surface area contributed by atoms with Crippen LogP contribution in [-0.2, 0) is 6.54 Å². The lowest BCUT2D eigenvalue weighted by Crippen LogP contribution is -2.46. The van der Waals surface area contributed by atoms with Gasteiger partial charge in [0.2, 0.25) is 0 Å². The fourth-order valence-corrected chi connectivity index (χ4v) is 4.63. The van der Waals surface area contributed by atoms with Crippen molar-refractivity contribution in [2.24, 2.45) is 11.8 Å². The van der Waals surface area contributed by atoms with Crippen LogP contribution in [0.3, 0.4) is 0 Å². The summed E-state index contributed by atoms with van der Waals surface area (Å²) in [6.45, 7) is 3.17. The highest BCUT2D eigenvalue weighted by Crippen LogP contribution is 2.40. The third-order valence-electron chi connectivity index (χ3n) is 5.40. The molecule has 3 nitrogen and oxygen atoms in total. The van der Waals surface area contributed by atoms with Gasteiger partial charge in [0.05, 0.1) is 5.56 Å². The van der Waals surface area contributed by atoms with Gasteiger partial charge < -0.3 is 4.74 Å². The molecule has 2 aliphatic rings. The average Bonchev–Trinajstić information content (AvgIpc) is 2.86. The summed E-state index contributed by atoms with van der Waals surface area (Å²) in [4.78, 5) is 2.56. The number of nitrogens with zero attached hydrogens (tertiary/aromatic N) is 2. The van der Waals surface area contributed by atoms with Crippen molar-refractivity contribution in [2.45, 2.75) is 25.5 Å². The van der Waals surface area contributed by atoms with E-state index in [-0.39, 0.29) is 6.10 Å². The van der Waals surface area contributed by atoms with Gasteiger partial charge in [0.25, 0.3) is 0 Å². The first kappa shape index (κ1) is 16.6. The van der Waals surface area contributed by atoms with Gasteiger partial charge in [-0.15, -0.1) is 0 Å². The Kier molecular flexibility index (Phi) is 4.78. The lowest BCUT2D eigenvalue weighted by atomic mass is 9.94. The molecule has 4 heteroatoms. The zero-order valence-corrected chi connectivity index (χ0v) is 15.7. The van der Waals surface area contributed by atoms with Crippen LogP contribution < -0.4 is 4.74 Å². The smallest absolute Gasteiger partial charge is 0.137 e. The van der Waals surface area contributed by atoms with Gasteiger partial charge in [-0.05, 0) is 36.6 Å². The first-order valence-corrected chi connectivity index (χ1v) is 9.65. The maximum atomic E-state index is 9.37. The predicted octanol–water partition coefficient (Wildman–Crippen LogP) is 4.61. The van der Waals surface area contributed by atoms with Crippen molar-refractivity contribution in [2.75, 3.05) is 13.1 Å². The second-order valence-electron chi connectivity index (χ2n) is 7.11. The molecule has 1 saturated carbocycles. The molecular weight excluding hydrogens is 376 g/mol. The Balaban J connectivity index is 1.45. The third kappa shape index (κ3) is 3.58. The highest BCUT2D eigenvalue weighted by atomic mass is 79.9. The summed E-state index contributed by atoms with van der Waals surface area (Å²) in [5.74, 6) is 1.83. The Labute approximate surface area is 157 Å². The number of hydrogen-bond acceptors (Lipinski definition) is 3. The van der Waals surface area contributed by atoms with Gasteiger partial charge in [-0.1, -0.05) is 46.3 Å². The summed E-state index contributed by atoms with van der Waals surface area (Å²) in [6.07, 6.45) is 2.68. The van der Waals surface area contributed by atoms with Gasteiger partial charge in [0.15, 0.2) is 0 Å². The molecule has 1 saturated heterocycles. The SMILES string of the molecule is N#Cc1cc(Br)ccc1OC1[C@@H]2CC[C@H]1CN(Cc1ccccc1)C2. The standard InChI is InChI=1S/C21H21BrN2O/c22-19-8-9-20(18(10-19)11-23)25-21-16-6-7-17(21)14-24(13-16)12-15-4-2-1-3-5-15/h1-5,8-10,16-17,21H,6-7,12-14H2/t16-,17+,21?. The maximum Gasteiger partial charge on any atom is 0.137 e. The summed E-state index contributed by atoms with van der Waals surface area (Å²) in [7, 11) is 0. The zero-order valence-electron chi connectivity index (χ0n) is 14.1. The number of likely N-dealkylation sites (tertiary alicyclic amines) is 1. The van der Waals surface area contributed by atoms with Gasteiger partial charge in [0, 0.05) is 35.9 Å². The quantitative estimate of drug-likeness (QED) is 0.756. The van der Waals surface area contributed by atoms with Gasteiger partial charge in [-0.3, -0.25) is 4.90 Å². The van der Waals surface area contributed by atoms with Gasteiger partial charge in [0.1, 0.15) is 17.9 Å². The van der Waals surface area contributed by atoms with Crippen LogP contribution in [0.1, 0.15) is 24.0 Å². The van der Waals surface area contributed by atoms with Crippen LogP contribution in [0.5, 0.6) is 5.75 Å². The second kappa shape index (κ2) is 7.19. The monoisotopic (exact) mass is 396 g/mol. The molecule has 0 spiro atoms. The van der Waals surface area contributed by atoms with Crippen molar-refractivity contribution in [1.29, 1.82) is 5.26 Å². The van der Waals surface area contributed by atoms with Crippen LogP contribution >= 0.6 is 15.9 Å². The number of ether oxygens (including phenoxy) is 1. The third-order valence-corrected chi connectivity index (χ3v) is 5.89. The number of fused-ring (bicyclic) bond motifs is 2. The summed E-state index contributed by atoms with van der Waals surface area (Å²) in [5, 5.41) is 9.37. The summed E-state index contributed by atoms with van der Waals surface area (Å²) in [5.41, 5.74) is 1.99. The van der Waals surface area contributed by atoms with Crippen molar-refractivity contribution < 1.29 is 4.74 Å². The Morgan fingerprint density at radius 3 is 2.48 bits per heavy atom. The first-order chi connectivity index (χ1) is 12.2. The van der Waals surface area contributed by atoms with E-state index in [9.17, 15) is 5.26 Å². The van der Waals surface area contributed by atoms with E-state index in [2.05, 4.69) is 57.2 Å². The van der Waals surface area contributed by atoms with Crippen molar-refractivity contribution >= 4 is 15.9 Å². The molecule has 2 aromatic carbocycles. The molecule has 1 heterocycles. The number of halogens is 1. The van der Waals surface area contributed by atoms with E-state index in [1.54, 1.807) is 0 Å². The summed E-state index contributed by atoms with van der Waals surface area (Å²) < 4.78 is 7.26. The van der Waals surface area contributed by atoms with Crippen LogP contribution in [0.15, 0.2) is 53.0 Å². The average molecular weight is 397 g/mol. The molecule has 3 atom stereocenters. The molecule has 128 valence electrons. The van der Waals surface area contributed by atoms with Crippen LogP contribution in [0.4, 0.5) is 0 Å². The minimum atomic E-state index is 0.236. The van der Waals surface area contributed by atoms with E-state index in [4.69, 9.17) is 4.74 Å². The predicted molar refractivity (Wildman–Crippen MR) is 101 cm³/mol. The molecule has 2 bridgehead atoms. The minimum Gasteiger partial charge on any atom is -0.488 e. The Hall–Kier alpha value is -1.83. The van der Waals surface area contributed by atoms with Crippen molar-refractivity contribution in [3.8, 4) is 11.8 Å². The maximum absolute atomic E-state index is 9.37. The van der Waals surface area contributed by atoms with E-state index >= 15 is 0 Å². The largest absolute Gasteiger partial charge is 0.488 e. The van der Waals surface area contributed by atoms with Gasteiger partial charge in [-0.25, -0.2) is 0 Å². The van der Waals surface area contributed by atoms with Crippen LogP contribution in [-0.4, -0.2) is 24.1 Å². The summed E-state index contributed by atoms with van der Waals surface area (Å²) in [6, 6.07) is 18.6. The molecule has 2 aromatic rings. The number of nitriles is 1. The van der Waals surface area contributed by atoms with E-state index < -0.39 is 0 Å². The van der Waals surface area contributed by atoms with E-state index in [0.717, 1.165) is 29.9 Å². The number of piperidine rings is 1. The van der Waals surface area contributed by atoms with Crippen LogP contribution in [0, 0.1) is 23.2 Å². The fourth-order valence-electron chi connectivity index (χ4n) is 4.27. The molecule has 0 amide bonds. The van der Waals surface area contributed by atoms with Crippen LogP contribution in [0.25, 0.3) is 0 Å². The number of rotatable bonds is 4. The Bertz CT molecular complexity index is 772. The van der Waals surface area contributed by atoms with E-state index in [1.165, 1.54) is 18.4 Å². The normalized spacial score (nSPS) is 25.5. The van der Waals surface area contributed by atoms with E-state index in [0.29, 0.717) is 17.4 Å². The topological polar surface area (TPSA) is 36.3 Å². The molecule has 25 heavy (non-hydrogen) atoms. The van der Waals surface area contributed by atoms with Crippen molar-refractivity contribution in [1.82, 2.24) is 4.90 Å². The minimum absolute atomic E-state index is 0.236. The first-order valence-electron chi connectivity index (χ1n) is 8.85. The molecule has 4 rings (SSSR count). The highest BCUT2D eigenvalue weighted by molar-refractivity contribution is 9.10. The molecule has 1 unspecified atom stereocenters. The fraction of sp³-hybridized carbons (Fsp3) is 0.381. The molecule has 1 aliphatic carbocycles. The lowest BCUT2D eigenvalue weighted by molar-refractivity contribution is 0.0307. The van der Waals surface area contributed by atoms with Crippen molar-refractivity contribution in [3.63, 3.8) is 0 Å². The van der Waals surface area contributed by atoms with Crippen molar-refractivity contribution in [3.05, 3.63) is 64.1 Å². The molecule has 2 fully saturated rings. The van der Waals surface area contributed by atoms with Gasteiger partial charge in [-0.2, -0.15) is 5.26 Å². The number of hydrogen-bond donors (Lipinski definition) is 0. The Morgan fingerprint density at radius 1 is 1.08 bits per heavy atom. The summed E-state index contributed by atoms with van der Waals surface area (Å²) >= 11 is 3.42. The number of benzene rings is 2. The Morgan fingerprint density at radius 2 is 1.80 bits per heavy atom. The molecule has 0 N–H and O–H groups in total. The zero-order chi connectivity index (χ0) is 17.2. The lowest BCUT2D eigenvalue weighted by Gasteiger charge is -2.38. The molecule has 1 aliphatic heterocycles. The van der Waals surface area contributed by atoms with Crippen LogP contribution in [0.2, 0.25) is 0 Å². The van der Waals surface area contributed by atoms with E-state index in [1.807, 2.05) is 18.2 Å². The second-order valence-corrected chi connectivity index (χ2v) is 8.03.